The highest BCUT2D eigenvalue weighted by atomic mass is 16.5. The van der Waals surface area contributed by atoms with Crippen LogP contribution in [0.4, 0.5) is 0 Å². The van der Waals surface area contributed by atoms with Gasteiger partial charge in [0.15, 0.2) is 11.5 Å². The van der Waals surface area contributed by atoms with Crippen molar-refractivity contribution in [1.29, 1.82) is 0 Å². The summed E-state index contributed by atoms with van der Waals surface area (Å²) >= 11 is 0. The average Bonchev–Trinajstić information content (AvgIpc) is 3.18. The number of ether oxygens (including phenoxy) is 2. The predicted molar refractivity (Wildman–Crippen MR) is 123 cm³/mol. The summed E-state index contributed by atoms with van der Waals surface area (Å²) in [5.41, 5.74) is 7.72. The second-order valence-corrected chi connectivity index (χ2v) is 7.10. The van der Waals surface area contributed by atoms with E-state index in [0.29, 0.717) is 17.2 Å². The molecule has 4 aromatic rings. The SMILES string of the molecule is COc1ccc(/C=N\NC(=O)c2[nH]c3ccc(C)cc3c2-c2ccccc2)cc1OC. The van der Waals surface area contributed by atoms with Gasteiger partial charge in [-0.15, -0.1) is 0 Å². The summed E-state index contributed by atoms with van der Waals surface area (Å²) in [6.07, 6.45) is 1.56. The van der Waals surface area contributed by atoms with Crippen molar-refractivity contribution in [3.63, 3.8) is 0 Å². The lowest BCUT2D eigenvalue weighted by Crippen LogP contribution is -2.18. The zero-order valence-corrected chi connectivity index (χ0v) is 17.6. The molecule has 0 fully saturated rings. The Bertz CT molecular complexity index is 1260. The first-order chi connectivity index (χ1) is 15.1. The van der Waals surface area contributed by atoms with Crippen LogP contribution in [0.5, 0.6) is 11.5 Å². The van der Waals surface area contributed by atoms with Gasteiger partial charge in [0, 0.05) is 16.5 Å². The number of nitrogens with zero attached hydrogens (tertiary/aromatic N) is 1. The summed E-state index contributed by atoms with van der Waals surface area (Å²) in [6, 6.07) is 21.4. The first-order valence-corrected chi connectivity index (χ1v) is 9.84. The van der Waals surface area contributed by atoms with Crippen molar-refractivity contribution in [2.24, 2.45) is 5.10 Å². The van der Waals surface area contributed by atoms with Crippen LogP contribution in [-0.2, 0) is 0 Å². The monoisotopic (exact) mass is 413 g/mol. The number of aromatic amines is 1. The molecule has 0 radical (unpaired) electrons. The number of carbonyl (C=O) groups excluding carboxylic acids is 1. The largest absolute Gasteiger partial charge is 0.493 e. The highest BCUT2D eigenvalue weighted by molar-refractivity contribution is 6.10. The van der Waals surface area contributed by atoms with Crippen LogP contribution < -0.4 is 14.9 Å². The number of aromatic nitrogens is 1. The summed E-state index contributed by atoms with van der Waals surface area (Å²) in [4.78, 5) is 16.3. The summed E-state index contributed by atoms with van der Waals surface area (Å²) in [5.74, 6) is 0.907. The molecule has 1 heterocycles. The standard InChI is InChI=1S/C25H23N3O3/c1-16-9-11-20-19(13-16)23(18-7-5-4-6-8-18)24(27-20)25(29)28-26-15-17-10-12-21(30-2)22(14-17)31-3/h4-15,27H,1-3H3,(H,28,29)/b26-15-. The average molecular weight is 413 g/mol. The summed E-state index contributed by atoms with van der Waals surface area (Å²) in [7, 11) is 3.15. The van der Waals surface area contributed by atoms with Crippen LogP contribution in [0, 0.1) is 6.92 Å². The van der Waals surface area contributed by atoms with Crippen molar-refractivity contribution >= 4 is 23.0 Å². The topological polar surface area (TPSA) is 75.7 Å². The molecule has 0 spiro atoms. The third kappa shape index (κ3) is 4.14. The Hall–Kier alpha value is -4.06. The van der Waals surface area contributed by atoms with Crippen LogP contribution in [0.1, 0.15) is 21.6 Å². The number of hydrogen-bond donors (Lipinski definition) is 2. The number of methoxy groups -OCH3 is 2. The van der Waals surface area contributed by atoms with Gasteiger partial charge in [0.05, 0.1) is 20.4 Å². The smallest absolute Gasteiger partial charge is 0.288 e. The third-order valence-corrected chi connectivity index (χ3v) is 5.03. The van der Waals surface area contributed by atoms with Gasteiger partial charge in [-0.3, -0.25) is 4.79 Å². The molecule has 31 heavy (non-hydrogen) atoms. The van der Waals surface area contributed by atoms with E-state index >= 15 is 0 Å². The first-order valence-electron chi connectivity index (χ1n) is 9.84. The van der Waals surface area contributed by atoms with E-state index in [2.05, 4.69) is 21.6 Å². The lowest BCUT2D eigenvalue weighted by Gasteiger charge is -2.07. The van der Waals surface area contributed by atoms with Crippen LogP contribution in [0.2, 0.25) is 0 Å². The number of aryl methyl sites for hydroxylation is 1. The van der Waals surface area contributed by atoms with Crippen molar-refractivity contribution < 1.29 is 14.3 Å². The van der Waals surface area contributed by atoms with Crippen molar-refractivity contribution in [3.8, 4) is 22.6 Å². The van der Waals surface area contributed by atoms with Gasteiger partial charge in [0.1, 0.15) is 5.69 Å². The van der Waals surface area contributed by atoms with Crippen LogP contribution in [0.15, 0.2) is 71.8 Å². The zero-order valence-electron chi connectivity index (χ0n) is 17.6. The van der Waals surface area contributed by atoms with E-state index in [0.717, 1.165) is 33.2 Å². The fourth-order valence-corrected chi connectivity index (χ4v) is 3.54. The van der Waals surface area contributed by atoms with Gasteiger partial charge in [-0.2, -0.15) is 5.10 Å². The van der Waals surface area contributed by atoms with E-state index in [1.54, 1.807) is 32.6 Å². The molecule has 156 valence electrons. The molecule has 6 nitrogen and oxygen atoms in total. The van der Waals surface area contributed by atoms with Crippen molar-refractivity contribution in [2.75, 3.05) is 14.2 Å². The highest BCUT2D eigenvalue weighted by Crippen LogP contribution is 2.33. The first kappa shape index (κ1) is 20.2. The number of amides is 1. The van der Waals surface area contributed by atoms with E-state index < -0.39 is 0 Å². The maximum atomic E-state index is 13.0. The number of nitrogens with one attached hydrogen (secondary N) is 2. The Labute approximate surface area is 180 Å². The molecule has 0 unspecified atom stereocenters. The molecule has 0 atom stereocenters. The molecule has 0 aliphatic carbocycles. The fraction of sp³-hybridized carbons (Fsp3) is 0.120. The Morgan fingerprint density at radius 3 is 2.48 bits per heavy atom. The van der Waals surface area contributed by atoms with Crippen LogP contribution >= 0.6 is 0 Å². The molecular formula is C25H23N3O3. The molecule has 0 aliphatic heterocycles. The lowest BCUT2D eigenvalue weighted by atomic mass is 10.0. The van der Waals surface area contributed by atoms with Crippen molar-refractivity contribution in [1.82, 2.24) is 10.4 Å². The quantitative estimate of drug-likeness (QED) is 0.348. The molecule has 0 aliphatic rings. The van der Waals surface area contributed by atoms with Crippen molar-refractivity contribution in [3.05, 3.63) is 83.6 Å². The number of carbonyl (C=O) groups is 1. The molecule has 6 heteroatoms. The molecule has 1 aromatic heterocycles. The van der Waals surface area contributed by atoms with Gasteiger partial charge in [-0.05, 0) is 48.4 Å². The highest BCUT2D eigenvalue weighted by Gasteiger charge is 2.19. The third-order valence-electron chi connectivity index (χ3n) is 5.03. The molecule has 4 rings (SSSR count). The van der Waals surface area contributed by atoms with E-state index in [-0.39, 0.29) is 5.91 Å². The number of hydrazone groups is 1. The maximum Gasteiger partial charge on any atom is 0.288 e. The maximum absolute atomic E-state index is 13.0. The second-order valence-electron chi connectivity index (χ2n) is 7.10. The Morgan fingerprint density at radius 1 is 0.968 bits per heavy atom. The molecule has 3 aromatic carbocycles. The van der Waals surface area contributed by atoms with Gasteiger partial charge in [0.25, 0.3) is 5.91 Å². The van der Waals surface area contributed by atoms with Crippen LogP contribution in [0.25, 0.3) is 22.0 Å². The minimum absolute atomic E-state index is 0.315. The second kappa shape index (κ2) is 8.75. The number of H-pyrrole nitrogens is 1. The van der Waals surface area contributed by atoms with E-state index in [1.165, 1.54) is 0 Å². The number of hydrogen-bond acceptors (Lipinski definition) is 4. The zero-order chi connectivity index (χ0) is 21.8. The summed E-state index contributed by atoms with van der Waals surface area (Å²) in [6.45, 7) is 2.04. The van der Waals surface area contributed by atoms with Crippen molar-refractivity contribution in [2.45, 2.75) is 6.92 Å². The van der Waals surface area contributed by atoms with E-state index in [4.69, 9.17) is 9.47 Å². The minimum atomic E-state index is -0.315. The molecular weight excluding hydrogens is 390 g/mol. The summed E-state index contributed by atoms with van der Waals surface area (Å²) in [5, 5.41) is 5.13. The minimum Gasteiger partial charge on any atom is -0.493 e. The lowest BCUT2D eigenvalue weighted by molar-refractivity contribution is 0.0951. The molecule has 0 saturated carbocycles. The van der Waals surface area contributed by atoms with Gasteiger partial charge in [-0.1, -0.05) is 42.0 Å². The number of rotatable bonds is 6. The predicted octanol–water partition coefficient (Wildman–Crippen LogP) is 4.92. The van der Waals surface area contributed by atoms with Gasteiger partial charge in [-0.25, -0.2) is 5.43 Å². The van der Waals surface area contributed by atoms with Gasteiger partial charge >= 0.3 is 0 Å². The fourth-order valence-electron chi connectivity index (χ4n) is 3.54. The van der Waals surface area contributed by atoms with E-state index in [1.807, 2.05) is 55.5 Å². The Balaban J connectivity index is 1.65. The number of benzene rings is 3. The van der Waals surface area contributed by atoms with Gasteiger partial charge in [0.2, 0.25) is 0 Å². The molecule has 1 amide bonds. The van der Waals surface area contributed by atoms with Crippen LogP contribution in [0.3, 0.4) is 0 Å². The molecule has 2 N–H and O–H groups in total. The van der Waals surface area contributed by atoms with Gasteiger partial charge < -0.3 is 14.5 Å². The summed E-state index contributed by atoms with van der Waals surface area (Å²) < 4.78 is 10.5. The molecule has 0 bridgehead atoms. The Kier molecular flexibility index (Phi) is 5.71. The Morgan fingerprint density at radius 2 is 1.74 bits per heavy atom. The van der Waals surface area contributed by atoms with E-state index in [9.17, 15) is 4.79 Å². The molecule has 0 saturated heterocycles. The van der Waals surface area contributed by atoms with Crippen LogP contribution in [-0.4, -0.2) is 31.3 Å². The number of fused-ring (bicyclic) bond motifs is 1. The normalized spacial score (nSPS) is 11.1.